The number of benzene rings is 1. The fourth-order valence-corrected chi connectivity index (χ4v) is 3.00. The summed E-state index contributed by atoms with van der Waals surface area (Å²) in [7, 11) is 0. The van der Waals surface area contributed by atoms with E-state index in [1.165, 1.54) is 17.8 Å². The second-order valence-corrected chi connectivity index (χ2v) is 5.37. The van der Waals surface area contributed by atoms with Crippen LogP contribution < -0.4 is 0 Å². The zero-order valence-corrected chi connectivity index (χ0v) is 10.1. The van der Waals surface area contributed by atoms with Crippen molar-refractivity contribution in [1.82, 2.24) is 0 Å². The molecule has 1 aromatic rings. The Morgan fingerprint density at radius 3 is 2.76 bits per heavy atom. The summed E-state index contributed by atoms with van der Waals surface area (Å²) in [6.07, 6.45) is 2.68. The molecule has 4 nitrogen and oxygen atoms in total. The van der Waals surface area contributed by atoms with Crippen LogP contribution >= 0.6 is 11.8 Å². The minimum absolute atomic E-state index is 0.114. The van der Waals surface area contributed by atoms with Crippen LogP contribution in [-0.4, -0.2) is 10.7 Å². The fourth-order valence-electron chi connectivity index (χ4n) is 1.68. The van der Waals surface area contributed by atoms with Crippen LogP contribution in [0.2, 0.25) is 0 Å². The molecule has 0 spiro atoms. The summed E-state index contributed by atoms with van der Waals surface area (Å²) in [5.41, 5.74) is 0.272. The Morgan fingerprint density at radius 2 is 2.18 bits per heavy atom. The van der Waals surface area contributed by atoms with Crippen molar-refractivity contribution >= 4 is 17.4 Å². The molecule has 88 valence electrons. The van der Waals surface area contributed by atoms with Gasteiger partial charge >= 0.3 is 0 Å². The molecule has 1 fully saturated rings. The van der Waals surface area contributed by atoms with Crippen molar-refractivity contribution in [1.29, 1.82) is 5.26 Å². The SMILES string of the molecule is N#CCC1(CSc2ccccc2[N+](=O)[O-])CC1. The number of nitro groups is 1. The molecule has 0 amide bonds. The molecular weight excluding hydrogens is 236 g/mol. The highest BCUT2D eigenvalue weighted by molar-refractivity contribution is 7.99. The molecule has 0 N–H and O–H groups in total. The van der Waals surface area contributed by atoms with E-state index in [0.29, 0.717) is 11.3 Å². The van der Waals surface area contributed by atoms with Crippen LogP contribution in [0.1, 0.15) is 19.3 Å². The predicted octanol–water partition coefficient (Wildman–Crippen LogP) is 3.38. The number of para-hydroxylation sites is 1. The van der Waals surface area contributed by atoms with Crippen molar-refractivity contribution in [3.63, 3.8) is 0 Å². The Hall–Kier alpha value is -1.54. The van der Waals surface area contributed by atoms with Gasteiger partial charge in [0.2, 0.25) is 0 Å². The lowest BCUT2D eigenvalue weighted by atomic mass is 10.1. The molecule has 0 atom stereocenters. The molecular formula is C12H12N2O2S. The topological polar surface area (TPSA) is 66.9 Å². The van der Waals surface area contributed by atoms with E-state index in [0.717, 1.165) is 18.6 Å². The summed E-state index contributed by atoms with van der Waals surface area (Å²) in [6.45, 7) is 0. The van der Waals surface area contributed by atoms with Crippen molar-refractivity contribution in [2.75, 3.05) is 5.75 Å². The standard InChI is InChI=1S/C12H12N2O2S/c13-8-7-12(5-6-12)9-17-11-4-2-1-3-10(11)14(15)16/h1-4H,5-7,9H2. The minimum Gasteiger partial charge on any atom is -0.258 e. The smallest absolute Gasteiger partial charge is 0.258 e. The van der Waals surface area contributed by atoms with Crippen molar-refractivity contribution in [2.24, 2.45) is 5.41 Å². The molecule has 0 saturated heterocycles. The Kier molecular flexibility index (Phi) is 3.34. The number of rotatable bonds is 5. The molecule has 0 heterocycles. The number of nitrogens with zero attached hydrogens (tertiary/aromatic N) is 2. The summed E-state index contributed by atoms with van der Waals surface area (Å²) in [5, 5.41) is 19.5. The van der Waals surface area contributed by atoms with Crippen LogP contribution in [0.4, 0.5) is 5.69 Å². The van der Waals surface area contributed by atoms with Crippen LogP contribution in [0.15, 0.2) is 29.2 Å². The first-order chi connectivity index (χ1) is 8.17. The van der Waals surface area contributed by atoms with Gasteiger partial charge < -0.3 is 0 Å². The monoisotopic (exact) mass is 248 g/mol. The van der Waals surface area contributed by atoms with Gasteiger partial charge in [0, 0.05) is 18.2 Å². The van der Waals surface area contributed by atoms with Gasteiger partial charge in [0.15, 0.2) is 0 Å². The van der Waals surface area contributed by atoms with Gasteiger partial charge in [0.1, 0.15) is 0 Å². The molecule has 17 heavy (non-hydrogen) atoms. The third-order valence-corrected chi connectivity index (χ3v) is 4.42. The molecule has 0 bridgehead atoms. The summed E-state index contributed by atoms with van der Waals surface area (Å²) in [5.74, 6) is 0.797. The number of hydrogen-bond donors (Lipinski definition) is 0. The molecule has 0 aliphatic heterocycles. The van der Waals surface area contributed by atoms with E-state index in [1.54, 1.807) is 18.2 Å². The van der Waals surface area contributed by atoms with Gasteiger partial charge in [-0.25, -0.2) is 0 Å². The average molecular weight is 248 g/mol. The van der Waals surface area contributed by atoms with E-state index in [4.69, 9.17) is 5.26 Å². The van der Waals surface area contributed by atoms with Gasteiger partial charge in [-0.05, 0) is 24.3 Å². The maximum Gasteiger partial charge on any atom is 0.282 e. The van der Waals surface area contributed by atoms with Crippen molar-refractivity contribution in [2.45, 2.75) is 24.2 Å². The van der Waals surface area contributed by atoms with E-state index in [9.17, 15) is 10.1 Å². The van der Waals surface area contributed by atoms with Crippen LogP contribution in [-0.2, 0) is 0 Å². The highest BCUT2D eigenvalue weighted by Crippen LogP contribution is 2.52. The van der Waals surface area contributed by atoms with Crippen LogP contribution in [0.5, 0.6) is 0 Å². The van der Waals surface area contributed by atoms with Crippen molar-refractivity contribution < 1.29 is 4.92 Å². The number of nitriles is 1. The summed E-state index contributed by atoms with van der Waals surface area (Å²) in [6, 6.07) is 8.96. The van der Waals surface area contributed by atoms with Crippen LogP contribution in [0.25, 0.3) is 0 Å². The lowest BCUT2D eigenvalue weighted by molar-refractivity contribution is -0.387. The van der Waals surface area contributed by atoms with Gasteiger partial charge in [-0.15, -0.1) is 11.8 Å². The largest absolute Gasteiger partial charge is 0.282 e. The lowest BCUT2D eigenvalue weighted by Crippen LogP contribution is -2.02. The fraction of sp³-hybridized carbons (Fsp3) is 0.417. The summed E-state index contributed by atoms with van der Waals surface area (Å²) < 4.78 is 0. The van der Waals surface area contributed by atoms with Gasteiger partial charge in [0.25, 0.3) is 5.69 Å². The minimum atomic E-state index is -0.355. The Balaban J connectivity index is 2.05. The second kappa shape index (κ2) is 4.76. The molecule has 0 aromatic heterocycles. The molecule has 1 saturated carbocycles. The highest BCUT2D eigenvalue weighted by Gasteiger charge is 2.42. The van der Waals surface area contributed by atoms with Crippen LogP contribution in [0.3, 0.4) is 0 Å². The quantitative estimate of drug-likeness (QED) is 0.455. The molecule has 0 unspecified atom stereocenters. The number of thioether (sulfide) groups is 1. The van der Waals surface area contributed by atoms with Gasteiger partial charge in [-0.3, -0.25) is 10.1 Å². The van der Waals surface area contributed by atoms with E-state index >= 15 is 0 Å². The van der Waals surface area contributed by atoms with Crippen molar-refractivity contribution in [3.05, 3.63) is 34.4 Å². The molecule has 1 aliphatic rings. The number of hydrogen-bond acceptors (Lipinski definition) is 4. The zero-order valence-electron chi connectivity index (χ0n) is 9.26. The number of nitro benzene ring substituents is 1. The Labute approximate surface area is 104 Å². The highest BCUT2D eigenvalue weighted by atomic mass is 32.2. The van der Waals surface area contributed by atoms with Gasteiger partial charge in [0.05, 0.1) is 15.9 Å². The molecule has 2 rings (SSSR count). The average Bonchev–Trinajstić information content (AvgIpc) is 3.08. The maximum absolute atomic E-state index is 10.8. The molecule has 1 aromatic carbocycles. The zero-order chi connectivity index (χ0) is 12.3. The third kappa shape index (κ3) is 2.77. The molecule has 5 heteroatoms. The van der Waals surface area contributed by atoms with E-state index in [1.807, 2.05) is 0 Å². The predicted molar refractivity (Wildman–Crippen MR) is 65.7 cm³/mol. The second-order valence-electron chi connectivity index (χ2n) is 4.35. The first-order valence-corrected chi connectivity index (χ1v) is 6.39. The Bertz CT molecular complexity index is 478. The lowest BCUT2D eigenvalue weighted by Gasteiger charge is -2.09. The summed E-state index contributed by atoms with van der Waals surface area (Å²) >= 11 is 1.49. The van der Waals surface area contributed by atoms with Crippen LogP contribution in [0, 0.1) is 26.9 Å². The maximum atomic E-state index is 10.8. The first-order valence-electron chi connectivity index (χ1n) is 5.40. The summed E-state index contributed by atoms with van der Waals surface area (Å²) in [4.78, 5) is 11.2. The van der Waals surface area contributed by atoms with Crippen molar-refractivity contribution in [3.8, 4) is 6.07 Å². The third-order valence-electron chi connectivity index (χ3n) is 3.01. The van der Waals surface area contributed by atoms with Gasteiger partial charge in [-0.2, -0.15) is 5.26 Å². The normalized spacial score (nSPS) is 16.2. The Morgan fingerprint density at radius 1 is 1.47 bits per heavy atom. The van der Waals surface area contributed by atoms with E-state index in [-0.39, 0.29) is 16.0 Å². The first kappa shape index (κ1) is 11.9. The van der Waals surface area contributed by atoms with E-state index in [2.05, 4.69) is 6.07 Å². The van der Waals surface area contributed by atoms with E-state index < -0.39 is 0 Å². The molecule has 0 radical (unpaired) electrons. The molecule has 1 aliphatic carbocycles. The van der Waals surface area contributed by atoms with Gasteiger partial charge in [-0.1, -0.05) is 12.1 Å².